The van der Waals surface area contributed by atoms with Crippen LogP contribution in [0.15, 0.2) is 30.3 Å². The topological polar surface area (TPSA) is 93.7 Å². The molecule has 1 aromatic carbocycles. The second-order valence-electron chi connectivity index (χ2n) is 6.17. The summed E-state index contributed by atoms with van der Waals surface area (Å²) in [5.41, 5.74) is -0.0210. The van der Waals surface area contributed by atoms with Gasteiger partial charge in [-0.2, -0.15) is 0 Å². The van der Waals surface area contributed by atoms with Crippen molar-refractivity contribution < 1.29 is 23.9 Å². The molecule has 0 saturated heterocycles. The van der Waals surface area contributed by atoms with Crippen LogP contribution in [0.5, 0.6) is 0 Å². The molecule has 0 aliphatic rings. The van der Waals surface area contributed by atoms with Gasteiger partial charge in [0.05, 0.1) is 7.11 Å². The van der Waals surface area contributed by atoms with E-state index in [0.29, 0.717) is 5.69 Å². The normalized spacial score (nSPS) is 12.0. The number of methoxy groups -OCH3 is 1. The molecular formula is C17H24N2O5. The Hall–Kier alpha value is -2.57. The quantitative estimate of drug-likeness (QED) is 0.778. The molecule has 2 N–H and O–H groups in total. The van der Waals surface area contributed by atoms with Gasteiger partial charge in [-0.3, -0.25) is 4.79 Å². The van der Waals surface area contributed by atoms with Gasteiger partial charge in [0.15, 0.2) is 0 Å². The molecule has 7 nitrogen and oxygen atoms in total. The van der Waals surface area contributed by atoms with Crippen molar-refractivity contribution in [2.45, 2.75) is 45.3 Å². The standard InChI is InChI=1S/C17H24N2O5/c1-17(2,3)24-16(22)19-13(15(21)23-4)10-11-14(20)18-12-8-6-5-7-9-12/h5-9,13H,10-11H2,1-4H3,(H,18,20)(H,19,22). The molecule has 0 radical (unpaired) electrons. The van der Waals surface area contributed by atoms with Gasteiger partial charge >= 0.3 is 12.1 Å². The lowest BCUT2D eigenvalue weighted by Gasteiger charge is -2.22. The summed E-state index contributed by atoms with van der Waals surface area (Å²) in [6.45, 7) is 5.15. The Bertz CT molecular complexity index is 566. The first-order chi connectivity index (χ1) is 11.2. The zero-order valence-corrected chi connectivity index (χ0v) is 14.4. The number of hydrogen-bond donors (Lipinski definition) is 2. The number of anilines is 1. The van der Waals surface area contributed by atoms with Crippen molar-refractivity contribution in [1.82, 2.24) is 5.32 Å². The second-order valence-corrected chi connectivity index (χ2v) is 6.17. The highest BCUT2D eigenvalue weighted by Gasteiger charge is 2.25. The highest BCUT2D eigenvalue weighted by atomic mass is 16.6. The number of nitrogens with one attached hydrogen (secondary N) is 2. The van der Waals surface area contributed by atoms with Gasteiger partial charge in [-0.15, -0.1) is 0 Å². The van der Waals surface area contributed by atoms with E-state index in [1.165, 1.54) is 7.11 Å². The molecule has 132 valence electrons. The van der Waals surface area contributed by atoms with Crippen LogP contribution < -0.4 is 10.6 Å². The van der Waals surface area contributed by atoms with Gasteiger partial charge in [0.2, 0.25) is 5.91 Å². The summed E-state index contributed by atoms with van der Waals surface area (Å²) < 4.78 is 9.76. The number of benzene rings is 1. The third kappa shape index (κ3) is 7.62. The molecule has 0 saturated carbocycles. The van der Waals surface area contributed by atoms with Crippen LogP contribution in [-0.2, 0) is 19.1 Å². The van der Waals surface area contributed by atoms with Crippen molar-refractivity contribution in [2.75, 3.05) is 12.4 Å². The lowest BCUT2D eigenvalue weighted by molar-refractivity contribution is -0.143. The maximum atomic E-state index is 11.9. The van der Waals surface area contributed by atoms with E-state index in [1.54, 1.807) is 45.0 Å². The van der Waals surface area contributed by atoms with Gasteiger partial charge in [0.1, 0.15) is 11.6 Å². The van der Waals surface area contributed by atoms with E-state index in [0.717, 1.165) is 0 Å². The Morgan fingerprint density at radius 3 is 2.29 bits per heavy atom. The highest BCUT2D eigenvalue weighted by molar-refractivity contribution is 5.91. The third-order valence-electron chi connectivity index (χ3n) is 2.89. The van der Waals surface area contributed by atoms with Gasteiger partial charge in [-0.1, -0.05) is 18.2 Å². The zero-order valence-electron chi connectivity index (χ0n) is 14.4. The lowest BCUT2D eigenvalue weighted by Crippen LogP contribution is -2.44. The Labute approximate surface area is 141 Å². The van der Waals surface area contributed by atoms with Gasteiger partial charge in [-0.25, -0.2) is 9.59 Å². The molecule has 0 aromatic heterocycles. The molecule has 2 amide bonds. The maximum absolute atomic E-state index is 11.9. The fourth-order valence-electron chi connectivity index (χ4n) is 1.86. The first-order valence-electron chi connectivity index (χ1n) is 7.63. The number of esters is 1. The van der Waals surface area contributed by atoms with E-state index in [4.69, 9.17) is 4.74 Å². The third-order valence-corrected chi connectivity index (χ3v) is 2.89. The summed E-state index contributed by atoms with van der Waals surface area (Å²) in [5.74, 6) is -0.894. The highest BCUT2D eigenvalue weighted by Crippen LogP contribution is 2.10. The number of amides is 2. The molecule has 24 heavy (non-hydrogen) atoms. The average Bonchev–Trinajstić information content (AvgIpc) is 2.49. The molecule has 0 heterocycles. The molecule has 0 bridgehead atoms. The molecule has 0 fully saturated rings. The van der Waals surface area contributed by atoms with Crippen molar-refractivity contribution in [1.29, 1.82) is 0 Å². The minimum Gasteiger partial charge on any atom is -0.467 e. The summed E-state index contributed by atoms with van der Waals surface area (Å²) in [6.07, 6.45) is -0.587. The number of carbonyl (C=O) groups is 3. The van der Waals surface area contributed by atoms with Gasteiger partial charge in [0.25, 0.3) is 0 Å². The van der Waals surface area contributed by atoms with E-state index in [1.807, 2.05) is 6.07 Å². The summed E-state index contributed by atoms with van der Waals surface area (Å²) in [5, 5.41) is 5.14. The SMILES string of the molecule is COC(=O)C(CCC(=O)Nc1ccccc1)NC(=O)OC(C)(C)C. The largest absolute Gasteiger partial charge is 0.467 e. The van der Waals surface area contributed by atoms with E-state index in [-0.39, 0.29) is 18.7 Å². The van der Waals surface area contributed by atoms with Crippen molar-refractivity contribution in [3.8, 4) is 0 Å². The molecule has 0 aliphatic heterocycles. The van der Waals surface area contributed by atoms with Gasteiger partial charge < -0.3 is 20.1 Å². The molecule has 1 aromatic rings. The molecule has 0 spiro atoms. The van der Waals surface area contributed by atoms with Gasteiger partial charge in [-0.05, 0) is 39.3 Å². The van der Waals surface area contributed by atoms with Crippen molar-refractivity contribution >= 4 is 23.7 Å². The van der Waals surface area contributed by atoms with Crippen LogP contribution in [0.3, 0.4) is 0 Å². The molecule has 0 aliphatic carbocycles. The Balaban J connectivity index is 2.55. The monoisotopic (exact) mass is 336 g/mol. The fourth-order valence-corrected chi connectivity index (χ4v) is 1.86. The molecule has 1 atom stereocenters. The Morgan fingerprint density at radius 1 is 1.12 bits per heavy atom. The minimum atomic E-state index is -0.952. The summed E-state index contributed by atoms with van der Waals surface area (Å²) in [7, 11) is 1.22. The van der Waals surface area contributed by atoms with E-state index < -0.39 is 23.7 Å². The Kier molecular flexibility index (Phi) is 7.23. The van der Waals surface area contributed by atoms with Crippen LogP contribution >= 0.6 is 0 Å². The first kappa shape index (κ1) is 19.5. The average molecular weight is 336 g/mol. The number of hydrogen-bond acceptors (Lipinski definition) is 5. The summed E-state index contributed by atoms with van der Waals surface area (Å²) >= 11 is 0. The zero-order chi connectivity index (χ0) is 18.2. The first-order valence-corrected chi connectivity index (χ1v) is 7.63. The number of rotatable bonds is 6. The van der Waals surface area contributed by atoms with Crippen LogP contribution in [0.1, 0.15) is 33.6 Å². The molecule has 1 rings (SSSR count). The van der Waals surface area contributed by atoms with E-state index >= 15 is 0 Å². The van der Waals surface area contributed by atoms with E-state index in [9.17, 15) is 14.4 Å². The predicted molar refractivity (Wildman–Crippen MR) is 89.5 cm³/mol. The summed E-state index contributed by atoms with van der Waals surface area (Å²) in [4.78, 5) is 35.5. The molecule has 7 heteroatoms. The number of para-hydroxylation sites is 1. The van der Waals surface area contributed by atoms with E-state index in [2.05, 4.69) is 15.4 Å². The van der Waals surface area contributed by atoms with Crippen LogP contribution in [0.2, 0.25) is 0 Å². The maximum Gasteiger partial charge on any atom is 0.408 e. The predicted octanol–water partition coefficient (Wildman–Crippen LogP) is 2.47. The van der Waals surface area contributed by atoms with Crippen molar-refractivity contribution in [2.24, 2.45) is 0 Å². The number of carbonyl (C=O) groups excluding carboxylic acids is 3. The number of alkyl carbamates (subject to hydrolysis) is 1. The van der Waals surface area contributed by atoms with Crippen LogP contribution in [-0.4, -0.2) is 36.7 Å². The minimum absolute atomic E-state index is 0.0461. The molecular weight excluding hydrogens is 312 g/mol. The smallest absolute Gasteiger partial charge is 0.408 e. The van der Waals surface area contributed by atoms with Crippen LogP contribution in [0, 0.1) is 0 Å². The van der Waals surface area contributed by atoms with Crippen molar-refractivity contribution in [3.63, 3.8) is 0 Å². The second kappa shape index (κ2) is 8.90. The Morgan fingerprint density at radius 2 is 1.75 bits per heavy atom. The van der Waals surface area contributed by atoms with Gasteiger partial charge in [0, 0.05) is 12.1 Å². The van der Waals surface area contributed by atoms with Crippen LogP contribution in [0.25, 0.3) is 0 Å². The van der Waals surface area contributed by atoms with Crippen molar-refractivity contribution in [3.05, 3.63) is 30.3 Å². The van der Waals surface area contributed by atoms with Crippen LogP contribution in [0.4, 0.5) is 10.5 Å². The lowest BCUT2D eigenvalue weighted by atomic mass is 10.1. The molecule has 1 unspecified atom stereocenters. The number of ether oxygens (including phenoxy) is 2. The summed E-state index contributed by atoms with van der Waals surface area (Å²) in [6, 6.07) is 8.01. The fraction of sp³-hybridized carbons (Fsp3) is 0.471.